The summed E-state index contributed by atoms with van der Waals surface area (Å²) in [6.45, 7) is 11.8. The Kier molecular flexibility index (Phi) is 6.72. The minimum absolute atomic E-state index is 0.0710. The Morgan fingerprint density at radius 2 is 1.00 bits per heavy atom. The lowest BCUT2D eigenvalue weighted by Crippen LogP contribution is -2.14. The second-order valence-electron chi connectivity index (χ2n) is 11.9. The van der Waals surface area contributed by atoms with Crippen LogP contribution in [0.25, 0.3) is 11.1 Å². The van der Waals surface area contributed by atoms with Gasteiger partial charge in [0.1, 0.15) is 11.5 Å². The molecule has 0 saturated carbocycles. The zero-order valence-electron chi connectivity index (χ0n) is 22.5. The van der Waals surface area contributed by atoms with Crippen LogP contribution in [0.2, 0.25) is 0 Å². The third-order valence-electron chi connectivity index (χ3n) is 6.75. The summed E-state index contributed by atoms with van der Waals surface area (Å²) in [5.74, 6) is -2.55. The van der Waals surface area contributed by atoms with E-state index in [1.807, 2.05) is 53.7 Å². The monoisotopic (exact) mass is 520 g/mol. The first-order chi connectivity index (χ1) is 17.6. The highest BCUT2D eigenvalue weighted by molar-refractivity contribution is 6.41. The molecule has 2 aliphatic heterocycles. The van der Waals surface area contributed by atoms with Crippen LogP contribution in [0.3, 0.4) is 0 Å². The molecule has 0 atom stereocenters. The lowest BCUT2D eigenvalue weighted by molar-refractivity contribution is -0.138. The molecule has 0 unspecified atom stereocenters. The van der Waals surface area contributed by atoms with Gasteiger partial charge in [0.25, 0.3) is 0 Å². The molecule has 0 spiro atoms. The minimum Gasteiger partial charge on any atom is -0.481 e. The largest absolute Gasteiger partial charge is 0.481 e. The first-order valence-electron chi connectivity index (χ1n) is 12.6. The van der Waals surface area contributed by atoms with Crippen molar-refractivity contribution in [3.05, 3.63) is 57.6 Å². The number of esters is 2. The summed E-state index contributed by atoms with van der Waals surface area (Å²) in [5, 5.41) is 18.4. The molecule has 0 amide bonds. The number of aliphatic carboxylic acids is 2. The van der Waals surface area contributed by atoms with Gasteiger partial charge in [-0.05, 0) is 46.9 Å². The van der Waals surface area contributed by atoms with Crippen molar-refractivity contribution >= 4 is 35.0 Å². The summed E-state index contributed by atoms with van der Waals surface area (Å²) < 4.78 is 11.5. The molecule has 0 radical (unpaired) electrons. The van der Waals surface area contributed by atoms with Crippen molar-refractivity contribution in [3.63, 3.8) is 0 Å². The first-order valence-corrected chi connectivity index (χ1v) is 12.6. The van der Waals surface area contributed by atoms with Gasteiger partial charge >= 0.3 is 23.9 Å². The highest BCUT2D eigenvalue weighted by atomic mass is 16.5. The van der Waals surface area contributed by atoms with Crippen molar-refractivity contribution in [2.75, 3.05) is 0 Å². The van der Waals surface area contributed by atoms with Crippen LogP contribution in [0.5, 0.6) is 11.5 Å². The lowest BCUT2D eigenvalue weighted by atomic mass is 9.81. The molecule has 0 fully saturated rings. The second kappa shape index (κ2) is 9.42. The van der Waals surface area contributed by atoms with Gasteiger partial charge in [-0.3, -0.25) is 9.59 Å². The van der Waals surface area contributed by atoms with Gasteiger partial charge in [-0.15, -0.1) is 0 Å². The number of aryl methyl sites for hydroxylation is 2. The highest BCUT2D eigenvalue weighted by Crippen LogP contribution is 2.50. The van der Waals surface area contributed by atoms with E-state index in [2.05, 4.69) is 0 Å². The third kappa shape index (κ3) is 5.08. The van der Waals surface area contributed by atoms with E-state index < -0.39 is 34.7 Å². The van der Waals surface area contributed by atoms with E-state index in [-0.39, 0.29) is 36.8 Å². The molecule has 200 valence electrons. The standard InChI is InChI=1S/C30H32O8/c1-29(2,3)19-13-15(7-9-21(31)32)11-17-23(27(35)37-25(17)19)24-18-12-16(8-10-22(33)34)14-20(30(4,5)6)26(18)38-28(24)36/h11-14H,7-10H2,1-6H3,(H,31,32)(H,33,34). The fourth-order valence-electron chi connectivity index (χ4n) is 4.85. The summed E-state index contributed by atoms with van der Waals surface area (Å²) >= 11 is 0. The van der Waals surface area contributed by atoms with E-state index in [9.17, 15) is 29.4 Å². The molecule has 38 heavy (non-hydrogen) atoms. The second-order valence-corrected chi connectivity index (χ2v) is 11.9. The minimum atomic E-state index is -0.939. The van der Waals surface area contributed by atoms with Crippen LogP contribution in [0.15, 0.2) is 24.3 Å². The van der Waals surface area contributed by atoms with E-state index in [1.54, 1.807) is 12.1 Å². The quantitative estimate of drug-likeness (QED) is 0.307. The highest BCUT2D eigenvalue weighted by Gasteiger charge is 2.42. The molecule has 0 aliphatic carbocycles. The van der Waals surface area contributed by atoms with Gasteiger partial charge in [-0.1, -0.05) is 53.7 Å². The maximum absolute atomic E-state index is 13.4. The summed E-state index contributed by atoms with van der Waals surface area (Å²) in [6, 6.07) is 7.13. The van der Waals surface area contributed by atoms with Gasteiger partial charge in [0.05, 0.1) is 11.1 Å². The Labute approximate surface area is 221 Å². The van der Waals surface area contributed by atoms with Crippen LogP contribution in [0, 0.1) is 0 Å². The van der Waals surface area contributed by atoms with Crippen LogP contribution in [0.4, 0.5) is 0 Å². The molecule has 2 N–H and O–H groups in total. The Balaban J connectivity index is 2.00. The number of hydrogen-bond donors (Lipinski definition) is 2. The van der Waals surface area contributed by atoms with Crippen molar-refractivity contribution in [1.29, 1.82) is 0 Å². The van der Waals surface area contributed by atoms with Gasteiger partial charge in [0, 0.05) is 35.1 Å². The maximum Gasteiger partial charge on any atom is 0.345 e. The predicted octanol–water partition coefficient (Wildman–Crippen LogP) is 5.06. The van der Waals surface area contributed by atoms with Gasteiger partial charge in [-0.25, -0.2) is 9.59 Å². The van der Waals surface area contributed by atoms with Crippen LogP contribution in [-0.4, -0.2) is 34.1 Å². The van der Waals surface area contributed by atoms with E-state index in [0.29, 0.717) is 33.8 Å². The smallest absolute Gasteiger partial charge is 0.345 e. The molecule has 0 aromatic heterocycles. The fourth-order valence-corrected chi connectivity index (χ4v) is 4.85. The Bertz CT molecular complexity index is 1310. The molecule has 2 heterocycles. The molecule has 8 nitrogen and oxygen atoms in total. The van der Waals surface area contributed by atoms with Crippen molar-refractivity contribution in [3.8, 4) is 11.5 Å². The molecule has 0 saturated heterocycles. The SMILES string of the molecule is CC(C)(C)c1cc(CCC(=O)O)cc2c1OC(=O)C2=C1C(=O)Oc2c1cc(CCC(=O)O)cc2C(C)(C)C. The summed E-state index contributed by atoms with van der Waals surface area (Å²) in [6.07, 6.45) is 0.319. The topological polar surface area (TPSA) is 127 Å². The number of carboxylic acids is 2. The number of hydrogen-bond acceptors (Lipinski definition) is 6. The number of rotatable bonds is 6. The van der Waals surface area contributed by atoms with Crippen LogP contribution >= 0.6 is 0 Å². The molecule has 2 aliphatic rings. The average Bonchev–Trinajstić information content (AvgIpc) is 3.28. The average molecular weight is 521 g/mol. The normalized spacial score (nSPS) is 16.7. The van der Waals surface area contributed by atoms with Crippen molar-refractivity contribution in [2.45, 2.75) is 78.1 Å². The number of benzene rings is 2. The number of carbonyl (C=O) groups is 4. The lowest BCUT2D eigenvalue weighted by Gasteiger charge is -2.22. The molecular formula is C30H32O8. The summed E-state index contributed by atoms with van der Waals surface area (Å²) in [7, 11) is 0. The number of fused-ring (bicyclic) bond motifs is 2. The van der Waals surface area contributed by atoms with Crippen LogP contribution < -0.4 is 9.47 Å². The van der Waals surface area contributed by atoms with Gasteiger partial charge < -0.3 is 19.7 Å². The molecule has 4 rings (SSSR count). The van der Waals surface area contributed by atoms with Crippen LogP contribution in [0.1, 0.15) is 87.8 Å². The maximum atomic E-state index is 13.4. The summed E-state index contributed by atoms with van der Waals surface area (Å²) in [5.41, 5.74) is 3.03. The van der Waals surface area contributed by atoms with E-state index >= 15 is 0 Å². The first kappa shape index (κ1) is 27.1. The zero-order valence-corrected chi connectivity index (χ0v) is 22.5. The van der Waals surface area contributed by atoms with Gasteiger partial charge in [0.2, 0.25) is 0 Å². The predicted molar refractivity (Wildman–Crippen MR) is 140 cm³/mol. The molecule has 8 heteroatoms. The Morgan fingerprint density at radius 3 is 1.29 bits per heavy atom. The van der Waals surface area contributed by atoms with Crippen molar-refractivity contribution in [1.82, 2.24) is 0 Å². The van der Waals surface area contributed by atoms with E-state index in [1.165, 1.54) is 0 Å². The fraction of sp³-hybridized carbons (Fsp3) is 0.400. The van der Waals surface area contributed by atoms with Crippen LogP contribution in [-0.2, 0) is 42.8 Å². The molecule has 0 bridgehead atoms. The number of carbonyl (C=O) groups excluding carboxylic acids is 2. The Hall–Kier alpha value is -3.94. The van der Waals surface area contributed by atoms with Gasteiger partial charge in [0.15, 0.2) is 0 Å². The van der Waals surface area contributed by atoms with E-state index in [4.69, 9.17) is 9.47 Å². The molecular weight excluding hydrogens is 488 g/mol. The van der Waals surface area contributed by atoms with Gasteiger partial charge in [-0.2, -0.15) is 0 Å². The van der Waals surface area contributed by atoms with Crippen molar-refractivity contribution in [2.24, 2.45) is 0 Å². The number of ether oxygens (including phenoxy) is 2. The third-order valence-corrected chi connectivity index (χ3v) is 6.75. The number of carboxylic acid groups (broad SMARTS) is 2. The van der Waals surface area contributed by atoms with Crippen molar-refractivity contribution < 1.29 is 38.9 Å². The molecule has 2 aromatic carbocycles. The zero-order chi connectivity index (χ0) is 28.2. The molecule has 2 aromatic rings. The Morgan fingerprint density at radius 1 is 0.658 bits per heavy atom. The summed E-state index contributed by atoms with van der Waals surface area (Å²) in [4.78, 5) is 49.2. The van der Waals surface area contributed by atoms with E-state index in [0.717, 1.165) is 11.1 Å².